The molecule has 1 aliphatic heterocycles. The highest BCUT2D eigenvalue weighted by atomic mass is 16.6. The molecule has 2 aliphatic rings. The molecule has 2 aromatic rings. The zero-order valence-electron chi connectivity index (χ0n) is 19.0. The molecule has 9 nitrogen and oxygen atoms in total. The second-order valence-electron chi connectivity index (χ2n) is 8.75. The molecule has 0 spiro atoms. The van der Waals surface area contributed by atoms with Crippen LogP contribution < -0.4 is 4.74 Å². The normalized spacial score (nSPS) is 21.0. The minimum Gasteiger partial charge on any atom is -0.488 e. The number of carbonyl (C=O) groups excluding carboxylic acids is 1. The molecule has 1 aromatic carbocycles. The number of benzene rings is 1. The van der Waals surface area contributed by atoms with Crippen molar-refractivity contribution in [3.8, 4) is 17.1 Å². The van der Waals surface area contributed by atoms with Gasteiger partial charge in [-0.05, 0) is 44.0 Å². The summed E-state index contributed by atoms with van der Waals surface area (Å²) < 4.78 is 22.3. The molecule has 33 heavy (non-hydrogen) atoms. The molecule has 2 heterocycles. The lowest BCUT2D eigenvalue weighted by Gasteiger charge is -2.27. The smallest absolute Gasteiger partial charge is 0.410 e. The molecule has 0 radical (unpaired) electrons. The van der Waals surface area contributed by atoms with Crippen LogP contribution in [0.5, 0.6) is 5.75 Å². The van der Waals surface area contributed by atoms with Crippen LogP contribution in [0.3, 0.4) is 0 Å². The van der Waals surface area contributed by atoms with E-state index in [0.29, 0.717) is 30.2 Å². The molecule has 9 heteroatoms. The van der Waals surface area contributed by atoms with E-state index >= 15 is 0 Å². The van der Waals surface area contributed by atoms with Crippen molar-refractivity contribution < 1.29 is 33.4 Å². The van der Waals surface area contributed by atoms with Crippen molar-refractivity contribution in [3.63, 3.8) is 0 Å². The molecule has 2 fully saturated rings. The van der Waals surface area contributed by atoms with E-state index in [4.69, 9.17) is 18.7 Å². The van der Waals surface area contributed by atoms with Gasteiger partial charge >= 0.3 is 12.1 Å². The van der Waals surface area contributed by atoms with E-state index in [0.717, 1.165) is 36.8 Å². The second kappa shape index (κ2) is 10.2. The number of carbonyl (C=O) groups is 2. The number of rotatable bonds is 7. The molecule has 178 valence electrons. The number of aliphatic carboxylic acids is 1. The number of hydrogen-bond acceptors (Lipinski definition) is 7. The number of ether oxygens (including phenoxy) is 3. The largest absolute Gasteiger partial charge is 0.488 e. The molecule has 1 unspecified atom stereocenters. The summed E-state index contributed by atoms with van der Waals surface area (Å²) in [4.78, 5) is 25.4. The Balaban J connectivity index is 1.38. The van der Waals surface area contributed by atoms with Crippen LogP contribution >= 0.6 is 0 Å². The van der Waals surface area contributed by atoms with Crippen LogP contribution in [0, 0.1) is 12.8 Å². The van der Waals surface area contributed by atoms with Crippen LogP contribution in [0.25, 0.3) is 11.3 Å². The molecule has 1 saturated carbocycles. The highest BCUT2D eigenvalue weighted by Crippen LogP contribution is 2.30. The Morgan fingerprint density at radius 3 is 2.61 bits per heavy atom. The van der Waals surface area contributed by atoms with Crippen molar-refractivity contribution >= 4 is 12.1 Å². The summed E-state index contributed by atoms with van der Waals surface area (Å²) >= 11 is 0. The number of carboxylic acid groups (broad SMARTS) is 1. The summed E-state index contributed by atoms with van der Waals surface area (Å²) in [5.74, 6) is -0.275. The van der Waals surface area contributed by atoms with Gasteiger partial charge in [-0.3, -0.25) is 4.79 Å². The zero-order valence-corrected chi connectivity index (χ0v) is 19.0. The number of nitrogens with zero attached hydrogens (tertiary/aromatic N) is 2. The molecule has 1 N–H and O–H groups in total. The predicted molar refractivity (Wildman–Crippen MR) is 118 cm³/mol. The summed E-state index contributed by atoms with van der Waals surface area (Å²) in [5.41, 5.74) is 2.17. The summed E-state index contributed by atoms with van der Waals surface area (Å²) in [7, 11) is 1.79. The van der Waals surface area contributed by atoms with Crippen LogP contribution in [-0.2, 0) is 20.9 Å². The summed E-state index contributed by atoms with van der Waals surface area (Å²) in [5, 5.41) is 13.2. The van der Waals surface area contributed by atoms with Crippen LogP contribution in [-0.4, -0.2) is 59.6 Å². The highest BCUT2D eigenvalue weighted by Gasteiger charge is 2.29. The quantitative estimate of drug-likeness (QED) is 0.662. The topological polar surface area (TPSA) is 111 Å². The molecule has 1 aromatic heterocycles. The Hall–Kier alpha value is -3.07. The van der Waals surface area contributed by atoms with Crippen molar-refractivity contribution in [2.75, 3.05) is 20.3 Å². The van der Waals surface area contributed by atoms with Gasteiger partial charge in [-0.15, -0.1) is 0 Å². The van der Waals surface area contributed by atoms with Crippen LogP contribution in [0.15, 0.2) is 28.8 Å². The Morgan fingerprint density at radius 1 is 1.18 bits per heavy atom. The van der Waals surface area contributed by atoms with Gasteiger partial charge in [0.25, 0.3) is 0 Å². The van der Waals surface area contributed by atoms with Crippen molar-refractivity contribution in [1.29, 1.82) is 0 Å². The standard InChI is InChI=1S/C24H30N2O7/c1-15-21(14-31-24(29)26(2)18-5-3-4-6-18)22(33-25-15)16-7-9-19(10-8-16)32-20-11-17(23(27)28)12-30-13-20/h7-10,17-18,20H,3-6,11-14H2,1-2H3,(H,27,28)/t17-,20?/m1/s1. The first-order chi connectivity index (χ1) is 15.9. The van der Waals surface area contributed by atoms with Crippen LogP contribution in [0.1, 0.15) is 43.4 Å². The Labute approximate surface area is 192 Å². The number of carboxylic acids is 1. The average molecular weight is 459 g/mol. The molecule has 1 aliphatic carbocycles. The zero-order chi connectivity index (χ0) is 23.4. The SMILES string of the molecule is Cc1noc(-c2ccc(OC3COC[C@H](C(=O)O)C3)cc2)c1COC(=O)N(C)C1CCCC1. The van der Waals surface area contributed by atoms with E-state index in [-0.39, 0.29) is 31.5 Å². The van der Waals surface area contributed by atoms with Gasteiger partial charge in [-0.25, -0.2) is 4.79 Å². The van der Waals surface area contributed by atoms with Gasteiger partial charge in [0.2, 0.25) is 0 Å². The van der Waals surface area contributed by atoms with E-state index in [9.17, 15) is 14.7 Å². The minimum absolute atomic E-state index is 0.0782. The number of aryl methyl sites for hydroxylation is 1. The first-order valence-corrected chi connectivity index (χ1v) is 11.3. The summed E-state index contributed by atoms with van der Waals surface area (Å²) in [6.45, 7) is 2.46. The summed E-state index contributed by atoms with van der Waals surface area (Å²) in [6, 6.07) is 7.50. The monoisotopic (exact) mass is 458 g/mol. The van der Waals surface area contributed by atoms with Crippen LogP contribution in [0.2, 0.25) is 0 Å². The molecule has 0 bridgehead atoms. The Kier molecular flexibility index (Phi) is 7.17. The predicted octanol–water partition coefficient (Wildman–Crippen LogP) is 4.03. The van der Waals surface area contributed by atoms with Crippen molar-refractivity contribution in [1.82, 2.24) is 10.1 Å². The van der Waals surface area contributed by atoms with E-state index in [1.165, 1.54) is 0 Å². The maximum absolute atomic E-state index is 12.5. The van der Waals surface area contributed by atoms with E-state index in [1.54, 1.807) is 24.1 Å². The maximum atomic E-state index is 12.5. The third kappa shape index (κ3) is 5.47. The fourth-order valence-electron chi connectivity index (χ4n) is 4.39. The van der Waals surface area contributed by atoms with E-state index < -0.39 is 11.9 Å². The third-order valence-corrected chi connectivity index (χ3v) is 6.42. The highest BCUT2D eigenvalue weighted by molar-refractivity contribution is 5.70. The van der Waals surface area contributed by atoms with Crippen molar-refractivity contribution in [3.05, 3.63) is 35.5 Å². The van der Waals surface area contributed by atoms with Gasteiger partial charge in [-0.2, -0.15) is 0 Å². The van der Waals surface area contributed by atoms with Gasteiger partial charge in [0.1, 0.15) is 18.5 Å². The number of hydrogen-bond donors (Lipinski definition) is 1. The molecular formula is C24H30N2O7. The molecule has 4 rings (SSSR count). The first kappa shape index (κ1) is 23.1. The number of aromatic nitrogens is 1. The first-order valence-electron chi connectivity index (χ1n) is 11.3. The van der Waals surface area contributed by atoms with Crippen molar-refractivity contribution in [2.24, 2.45) is 5.92 Å². The van der Waals surface area contributed by atoms with Gasteiger partial charge in [0, 0.05) is 25.1 Å². The lowest BCUT2D eigenvalue weighted by Crippen LogP contribution is -2.37. The fourth-order valence-corrected chi connectivity index (χ4v) is 4.39. The lowest BCUT2D eigenvalue weighted by molar-refractivity contribution is -0.149. The maximum Gasteiger partial charge on any atom is 0.410 e. The van der Waals surface area contributed by atoms with Gasteiger partial charge in [-0.1, -0.05) is 18.0 Å². The fraction of sp³-hybridized carbons (Fsp3) is 0.542. The molecule has 1 saturated heterocycles. The van der Waals surface area contributed by atoms with Crippen LogP contribution in [0.4, 0.5) is 4.79 Å². The summed E-state index contributed by atoms with van der Waals surface area (Å²) in [6.07, 6.45) is 4.07. The molecule has 2 atom stereocenters. The molecule has 1 amide bonds. The molecular weight excluding hydrogens is 428 g/mol. The van der Waals surface area contributed by atoms with Gasteiger partial charge in [0.15, 0.2) is 5.76 Å². The van der Waals surface area contributed by atoms with Gasteiger partial charge < -0.3 is 28.7 Å². The van der Waals surface area contributed by atoms with E-state index in [2.05, 4.69) is 5.16 Å². The Bertz CT molecular complexity index is 966. The van der Waals surface area contributed by atoms with Crippen molar-refractivity contribution in [2.45, 2.75) is 57.8 Å². The second-order valence-corrected chi connectivity index (χ2v) is 8.75. The Morgan fingerprint density at radius 2 is 1.91 bits per heavy atom. The third-order valence-electron chi connectivity index (χ3n) is 6.42. The minimum atomic E-state index is -0.873. The number of amides is 1. The average Bonchev–Trinajstić information content (AvgIpc) is 3.48. The van der Waals surface area contributed by atoms with E-state index in [1.807, 2.05) is 19.1 Å². The lowest BCUT2D eigenvalue weighted by atomic mass is 10.0. The van der Waals surface area contributed by atoms with Gasteiger partial charge in [0.05, 0.1) is 30.4 Å².